The molecular weight excluding hydrogens is 486 g/mol. The van der Waals surface area contributed by atoms with Gasteiger partial charge in [-0.1, -0.05) is 17.7 Å². The summed E-state index contributed by atoms with van der Waals surface area (Å²) in [4.78, 5) is 87.1. The summed E-state index contributed by atoms with van der Waals surface area (Å²) in [7, 11) is 0. The Labute approximate surface area is 212 Å². The lowest BCUT2D eigenvalue weighted by Crippen LogP contribution is -2.65. The molecule has 37 heavy (non-hydrogen) atoms. The highest BCUT2D eigenvalue weighted by atomic mass is 16.4. The molecule has 2 fully saturated rings. The summed E-state index contributed by atoms with van der Waals surface area (Å²) in [6, 6.07) is 0.0401. The first-order chi connectivity index (χ1) is 17.4. The van der Waals surface area contributed by atoms with Gasteiger partial charge in [0.2, 0.25) is 11.8 Å². The van der Waals surface area contributed by atoms with E-state index in [0.29, 0.717) is 17.5 Å². The number of hydrazine groups is 2. The van der Waals surface area contributed by atoms with Gasteiger partial charge in [-0.05, 0) is 44.7 Å². The van der Waals surface area contributed by atoms with Crippen molar-refractivity contribution in [3.8, 4) is 0 Å². The fourth-order valence-electron chi connectivity index (χ4n) is 4.64. The number of aliphatic carboxylic acids is 1. The lowest BCUT2D eigenvalue weighted by molar-refractivity contribution is -0.155. The molecule has 13 heteroatoms. The predicted molar refractivity (Wildman–Crippen MR) is 127 cm³/mol. The van der Waals surface area contributed by atoms with Gasteiger partial charge >= 0.3 is 17.9 Å². The van der Waals surface area contributed by atoms with Gasteiger partial charge in [0.25, 0.3) is 5.78 Å². The molecule has 2 heterocycles. The summed E-state index contributed by atoms with van der Waals surface area (Å²) in [5.41, 5.74) is 4.60. The second-order valence-corrected chi connectivity index (χ2v) is 9.10. The quantitative estimate of drug-likeness (QED) is 0.247. The van der Waals surface area contributed by atoms with Crippen molar-refractivity contribution in [1.29, 1.82) is 0 Å². The van der Waals surface area contributed by atoms with E-state index in [4.69, 9.17) is 5.11 Å². The molecule has 0 bridgehead atoms. The van der Waals surface area contributed by atoms with Crippen LogP contribution in [0.15, 0.2) is 12.1 Å². The minimum absolute atomic E-state index is 0.127. The van der Waals surface area contributed by atoms with Crippen LogP contribution in [0, 0.1) is 20.8 Å². The number of rotatable bonds is 8. The van der Waals surface area contributed by atoms with Crippen LogP contribution in [-0.2, 0) is 24.0 Å². The van der Waals surface area contributed by atoms with Gasteiger partial charge in [-0.2, -0.15) is 0 Å². The van der Waals surface area contributed by atoms with Gasteiger partial charge in [0.1, 0.15) is 12.3 Å². The molecule has 1 aromatic rings. The zero-order chi connectivity index (χ0) is 27.4. The number of hydrogen-bond donors (Lipinski definition) is 3. The number of amides is 5. The van der Waals surface area contributed by atoms with Crippen molar-refractivity contribution in [3.05, 3.63) is 34.4 Å². The average molecular weight is 516 g/mol. The molecule has 13 nitrogen and oxygen atoms in total. The summed E-state index contributed by atoms with van der Waals surface area (Å²) in [6.07, 6.45) is -0.0584. The van der Waals surface area contributed by atoms with E-state index in [-0.39, 0.29) is 37.8 Å². The second kappa shape index (κ2) is 11.2. The van der Waals surface area contributed by atoms with E-state index in [1.54, 1.807) is 26.0 Å². The van der Waals surface area contributed by atoms with Crippen LogP contribution < -0.4 is 10.7 Å². The Morgan fingerprint density at radius 2 is 1.76 bits per heavy atom. The maximum Gasteiger partial charge on any atom is 0.358 e. The first-order valence-electron chi connectivity index (χ1n) is 11.8. The Morgan fingerprint density at radius 1 is 1.11 bits per heavy atom. The number of fused-ring (bicyclic) bond motifs is 1. The minimum atomic E-state index is -1.33. The molecule has 1 aromatic carbocycles. The van der Waals surface area contributed by atoms with E-state index in [0.717, 1.165) is 20.6 Å². The highest BCUT2D eigenvalue weighted by Crippen LogP contribution is 2.24. The van der Waals surface area contributed by atoms with Gasteiger partial charge in [0.05, 0.1) is 19.0 Å². The van der Waals surface area contributed by atoms with Gasteiger partial charge in [0.15, 0.2) is 0 Å². The van der Waals surface area contributed by atoms with E-state index in [1.165, 1.54) is 0 Å². The number of carboxylic acid groups (broad SMARTS) is 1. The Hall–Kier alpha value is -4.29. The first kappa shape index (κ1) is 27.3. The van der Waals surface area contributed by atoms with Crippen LogP contribution in [-0.4, -0.2) is 87.1 Å². The van der Waals surface area contributed by atoms with Crippen LogP contribution in [0.3, 0.4) is 0 Å². The number of benzene rings is 1. The monoisotopic (exact) mass is 515 g/mol. The summed E-state index contributed by atoms with van der Waals surface area (Å²) < 4.78 is 0. The number of aryl methyl sites for hydroxylation is 3. The lowest BCUT2D eigenvalue weighted by Gasteiger charge is -2.42. The van der Waals surface area contributed by atoms with Gasteiger partial charge < -0.3 is 15.2 Å². The standard InChI is InChI=1S/C24H29N5O8/c1-13-9-14(2)20(15(3)10-13)21(34)23(36)26-27-8-6-18(31)28-7-4-5-17(29(28)24(27)37)22(35)25-16(12-30)11-19(32)33/h9-10,12,16-17H,4-8,11H2,1-3H3,(H,25,35)(H,26,36)(H,32,33). The Morgan fingerprint density at radius 3 is 2.35 bits per heavy atom. The van der Waals surface area contributed by atoms with Crippen LogP contribution in [0.5, 0.6) is 0 Å². The third-order valence-electron chi connectivity index (χ3n) is 6.20. The Balaban J connectivity index is 1.83. The summed E-state index contributed by atoms with van der Waals surface area (Å²) in [5, 5.41) is 14.0. The number of ketones is 1. The molecule has 2 atom stereocenters. The maximum atomic E-state index is 13.4. The van der Waals surface area contributed by atoms with E-state index in [2.05, 4.69) is 10.7 Å². The van der Waals surface area contributed by atoms with Crippen LogP contribution >= 0.6 is 0 Å². The number of nitrogens with zero attached hydrogens (tertiary/aromatic N) is 3. The summed E-state index contributed by atoms with van der Waals surface area (Å²) >= 11 is 0. The molecule has 3 rings (SSSR count). The molecule has 0 radical (unpaired) electrons. The van der Waals surface area contributed by atoms with E-state index >= 15 is 0 Å². The van der Waals surface area contributed by atoms with Crippen molar-refractivity contribution in [2.24, 2.45) is 0 Å². The molecule has 0 aliphatic carbocycles. The number of hydrogen-bond acceptors (Lipinski definition) is 7. The predicted octanol–water partition coefficient (Wildman–Crippen LogP) is 0.0179. The fraction of sp³-hybridized carbons (Fsp3) is 0.458. The van der Waals surface area contributed by atoms with Gasteiger partial charge in [-0.25, -0.2) is 19.8 Å². The molecule has 5 amide bonds. The third-order valence-corrected chi connectivity index (χ3v) is 6.20. The fourth-order valence-corrected chi connectivity index (χ4v) is 4.64. The van der Waals surface area contributed by atoms with Crippen molar-refractivity contribution >= 4 is 41.8 Å². The molecule has 0 aromatic heterocycles. The molecule has 0 spiro atoms. The number of carbonyl (C=O) groups excluding carboxylic acids is 6. The number of urea groups is 1. The van der Waals surface area contributed by atoms with Crippen LogP contribution in [0.4, 0.5) is 4.79 Å². The van der Waals surface area contributed by atoms with E-state index in [9.17, 15) is 33.6 Å². The normalized spacial score (nSPS) is 18.5. The van der Waals surface area contributed by atoms with E-state index < -0.39 is 54.0 Å². The highest BCUT2D eigenvalue weighted by molar-refractivity contribution is 6.43. The van der Waals surface area contributed by atoms with Crippen molar-refractivity contribution in [2.45, 2.75) is 58.5 Å². The van der Waals surface area contributed by atoms with Crippen molar-refractivity contribution in [1.82, 2.24) is 25.8 Å². The van der Waals surface area contributed by atoms with Crippen LogP contribution in [0.25, 0.3) is 0 Å². The molecule has 3 N–H and O–H groups in total. The number of nitrogens with one attached hydrogen (secondary N) is 2. The Kier molecular flexibility index (Phi) is 8.25. The minimum Gasteiger partial charge on any atom is -0.481 e. The molecular formula is C24H29N5O8. The second-order valence-electron chi connectivity index (χ2n) is 9.10. The number of Topliss-reactive ketones (excluding diaryl/α,β-unsaturated/α-hetero) is 1. The highest BCUT2D eigenvalue weighted by Gasteiger charge is 2.44. The molecule has 198 valence electrons. The average Bonchev–Trinajstić information content (AvgIpc) is 2.94. The lowest BCUT2D eigenvalue weighted by atomic mass is 9.96. The summed E-state index contributed by atoms with van der Waals surface area (Å²) in [5.74, 6) is -4.53. The third kappa shape index (κ3) is 5.93. The van der Waals surface area contributed by atoms with Crippen LogP contribution in [0.1, 0.15) is 52.7 Å². The summed E-state index contributed by atoms with van der Waals surface area (Å²) in [6.45, 7) is 5.16. The molecule has 2 saturated heterocycles. The molecule has 2 aliphatic rings. The number of carbonyl (C=O) groups is 7. The molecule has 2 unspecified atom stereocenters. The van der Waals surface area contributed by atoms with E-state index in [1.807, 2.05) is 6.92 Å². The number of aldehydes is 1. The zero-order valence-electron chi connectivity index (χ0n) is 20.8. The van der Waals surface area contributed by atoms with Gasteiger partial charge in [0, 0.05) is 18.5 Å². The Bertz CT molecular complexity index is 1140. The molecule has 0 saturated carbocycles. The van der Waals surface area contributed by atoms with Crippen molar-refractivity contribution in [2.75, 3.05) is 13.1 Å². The van der Waals surface area contributed by atoms with Gasteiger partial charge in [-0.15, -0.1) is 0 Å². The van der Waals surface area contributed by atoms with Crippen molar-refractivity contribution in [3.63, 3.8) is 0 Å². The van der Waals surface area contributed by atoms with Crippen LogP contribution in [0.2, 0.25) is 0 Å². The first-order valence-corrected chi connectivity index (χ1v) is 11.8. The number of carboxylic acids is 1. The zero-order valence-corrected chi connectivity index (χ0v) is 20.8. The smallest absolute Gasteiger partial charge is 0.358 e. The SMILES string of the molecule is Cc1cc(C)c(C(=O)C(=O)NN2CCC(=O)N3CCCC(C(=O)NC(C=O)CC(=O)O)N3C2=O)c(C)c1. The largest absolute Gasteiger partial charge is 0.481 e. The topological polar surface area (TPSA) is 173 Å². The van der Waals surface area contributed by atoms with Gasteiger partial charge in [-0.3, -0.25) is 29.4 Å². The van der Waals surface area contributed by atoms with Crippen molar-refractivity contribution < 1.29 is 38.7 Å². The maximum absolute atomic E-state index is 13.4. The molecule has 2 aliphatic heterocycles.